The van der Waals surface area contributed by atoms with Crippen LogP contribution in [0.15, 0.2) is 36.5 Å². The van der Waals surface area contributed by atoms with Gasteiger partial charge in [-0.15, -0.1) is 0 Å². The summed E-state index contributed by atoms with van der Waals surface area (Å²) in [6.07, 6.45) is 1.70. The summed E-state index contributed by atoms with van der Waals surface area (Å²) in [5.41, 5.74) is 1.98. The van der Waals surface area contributed by atoms with Crippen LogP contribution >= 0.6 is 0 Å². The predicted molar refractivity (Wildman–Crippen MR) is 71.6 cm³/mol. The lowest BCUT2D eigenvalue weighted by Gasteiger charge is -2.19. The maximum atomic E-state index is 10.8. The largest absolute Gasteiger partial charge is 0.302 e. The zero-order chi connectivity index (χ0) is 13.8. The summed E-state index contributed by atoms with van der Waals surface area (Å²) in [5.74, 6) is 0. The van der Waals surface area contributed by atoms with Gasteiger partial charge in [-0.05, 0) is 25.5 Å². The molecule has 0 bridgehead atoms. The van der Waals surface area contributed by atoms with Crippen molar-refractivity contribution in [3.63, 3.8) is 0 Å². The number of rotatable bonds is 5. The van der Waals surface area contributed by atoms with Gasteiger partial charge in [0.1, 0.15) is 0 Å². The Morgan fingerprint density at radius 2 is 2.11 bits per heavy atom. The Balaban J connectivity index is 2.09. The van der Waals surface area contributed by atoms with E-state index in [9.17, 15) is 10.1 Å². The Hall–Kier alpha value is -2.21. The van der Waals surface area contributed by atoms with Gasteiger partial charge in [0, 0.05) is 30.4 Å². The fraction of sp³-hybridized carbons (Fsp3) is 0.308. The van der Waals surface area contributed by atoms with Crippen LogP contribution in [0, 0.1) is 10.1 Å². The van der Waals surface area contributed by atoms with E-state index < -0.39 is 0 Å². The van der Waals surface area contributed by atoms with Gasteiger partial charge in [-0.2, -0.15) is 5.10 Å². The minimum absolute atomic E-state index is 0.0122. The lowest BCUT2D eigenvalue weighted by Crippen LogP contribution is -2.22. The molecule has 1 heterocycles. The molecule has 0 aliphatic rings. The number of nitrogens with zero attached hydrogens (tertiary/aromatic N) is 2. The summed E-state index contributed by atoms with van der Waals surface area (Å²) in [6, 6.07) is 8.68. The summed E-state index contributed by atoms with van der Waals surface area (Å²) in [6.45, 7) is 3.99. The van der Waals surface area contributed by atoms with Gasteiger partial charge in [0.25, 0.3) is 5.69 Å². The second kappa shape index (κ2) is 5.62. The molecule has 0 fully saturated rings. The normalized spacial score (nSPS) is 14.0. The molecule has 19 heavy (non-hydrogen) atoms. The Bertz CT molecular complexity index is 554. The van der Waals surface area contributed by atoms with Crippen LogP contribution in [0.4, 0.5) is 5.69 Å². The molecule has 2 atom stereocenters. The van der Waals surface area contributed by atoms with Crippen LogP contribution in [0.5, 0.6) is 0 Å². The third-order valence-electron chi connectivity index (χ3n) is 3.07. The van der Waals surface area contributed by atoms with Gasteiger partial charge in [-0.3, -0.25) is 15.2 Å². The molecular weight excluding hydrogens is 244 g/mol. The van der Waals surface area contributed by atoms with E-state index in [4.69, 9.17) is 0 Å². The van der Waals surface area contributed by atoms with E-state index in [-0.39, 0.29) is 22.7 Å². The smallest absolute Gasteiger partial charge is 0.269 e. The van der Waals surface area contributed by atoms with Gasteiger partial charge >= 0.3 is 0 Å². The summed E-state index contributed by atoms with van der Waals surface area (Å²) < 4.78 is 0. The third-order valence-corrected chi connectivity index (χ3v) is 3.07. The molecule has 0 radical (unpaired) electrons. The van der Waals surface area contributed by atoms with E-state index in [1.807, 2.05) is 26.0 Å². The average Bonchev–Trinajstić information content (AvgIpc) is 2.92. The van der Waals surface area contributed by atoms with Crippen molar-refractivity contribution in [3.8, 4) is 0 Å². The predicted octanol–water partition coefficient (Wildman–Crippen LogP) is 2.73. The second-order valence-electron chi connectivity index (χ2n) is 4.47. The number of nitro groups is 1. The van der Waals surface area contributed by atoms with E-state index in [2.05, 4.69) is 15.5 Å². The number of non-ortho nitro benzene ring substituents is 1. The number of hydrogen-bond donors (Lipinski definition) is 2. The van der Waals surface area contributed by atoms with Crippen molar-refractivity contribution in [2.45, 2.75) is 25.9 Å². The van der Waals surface area contributed by atoms with Gasteiger partial charge in [-0.1, -0.05) is 12.1 Å². The maximum absolute atomic E-state index is 10.8. The van der Waals surface area contributed by atoms with Crippen LogP contribution in [-0.2, 0) is 0 Å². The molecule has 0 aliphatic heterocycles. The molecule has 0 saturated carbocycles. The first-order chi connectivity index (χ1) is 9.08. The second-order valence-corrected chi connectivity index (χ2v) is 4.47. The summed E-state index contributed by atoms with van der Waals surface area (Å²) in [7, 11) is 0. The molecule has 2 N–H and O–H groups in total. The van der Waals surface area contributed by atoms with E-state index in [0.29, 0.717) is 0 Å². The number of nitro benzene ring substituents is 1. The number of benzene rings is 1. The Labute approximate surface area is 111 Å². The Morgan fingerprint density at radius 3 is 2.74 bits per heavy atom. The van der Waals surface area contributed by atoms with Crippen LogP contribution in [0.25, 0.3) is 0 Å². The first-order valence-corrected chi connectivity index (χ1v) is 6.07. The minimum atomic E-state index is -0.380. The van der Waals surface area contributed by atoms with Crippen LogP contribution in [0.1, 0.15) is 37.2 Å². The molecule has 0 amide bonds. The van der Waals surface area contributed by atoms with E-state index in [1.54, 1.807) is 18.3 Å². The zero-order valence-corrected chi connectivity index (χ0v) is 10.8. The minimum Gasteiger partial charge on any atom is -0.302 e. The molecule has 1 aromatic heterocycles. The number of H-pyrrole nitrogens is 1. The summed E-state index contributed by atoms with van der Waals surface area (Å²) >= 11 is 0. The highest BCUT2D eigenvalue weighted by molar-refractivity contribution is 5.35. The first-order valence-electron chi connectivity index (χ1n) is 6.07. The molecule has 2 rings (SSSR count). The molecule has 0 spiro atoms. The molecule has 0 aliphatic carbocycles. The average molecular weight is 260 g/mol. The molecule has 2 unspecified atom stereocenters. The number of aromatic nitrogens is 2. The van der Waals surface area contributed by atoms with Crippen LogP contribution < -0.4 is 5.32 Å². The van der Waals surface area contributed by atoms with Gasteiger partial charge in [0.15, 0.2) is 0 Å². The number of nitrogens with one attached hydrogen (secondary N) is 2. The van der Waals surface area contributed by atoms with E-state index in [0.717, 1.165) is 11.3 Å². The molecule has 1 aromatic carbocycles. The molecule has 6 nitrogen and oxygen atoms in total. The number of hydrogen-bond acceptors (Lipinski definition) is 4. The van der Waals surface area contributed by atoms with Crippen LogP contribution in [0.3, 0.4) is 0 Å². The molecule has 2 aromatic rings. The van der Waals surface area contributed by atoms with E-state index >= 15 is 0 Å². The topological polar surface area (TPSA) is 83.8 Å². The summed E-state index contributed by atoms with van der Waals surface area (Å²) in [4.78, 5) is 10.4. The van der Waals surface area contributed by atoms with Gasteiger partial charge < -0.3 is 5.32 Å². The number of aromatic amines is 1. The SMILES string of the molecule is CC(NC(C)c1ccn[nH]1)c1cccc([N+](=O)[O-])c1. The van der Waals surface area contributed by atoms with Gasteiger partial charge in [0.2, 0.25) is 0 Å². The lowest BCUT2D eigenvalue weighted by atomic mass is 10.1. The molecular formula is C13H16N4O2. The van der Waals surface area contributed by atoms with Crippen molar-refractivity contribution < 1.29 is 4.92 Å². The monoisotopic (exact) mass is 260 g/mol. The lowest BCUT2D eigenvalue weighted by molar-refractivity contribution is -0.384. The van der Waals surface area contributed by atoms with E-state index in [1.165, 1.54) is 6.07 Å². The van der Waals surface area contributed by atoms with Crippen molar-refractivity contribution in [2.75, 3.05) is 0 Å². The Morgan fingerprint density at radius 1 is 1.32 bits per heavy atom. The van der Waals surface area contributed by atoms with Crippen molar-refractivity contribution >= 4 is 5.69 Å². The van der Waals surface area contributed by atoms with Crippen molar-refractivity contribution in [3.05, 3.63) is 57.9 Å². The van der Waals surface area contributed by atoms with Crippen LogP contribution in [0.2, 0.25) is 0 Å². The molecule has 100 valence electrons. The highest BCUT2D eigenvalue weighted by atomic mass is 16.6. The standard InChI is InChI=1S/C13H16N4O2/c1-9(15-10(2)13-6-7-14-16-13)11-4-3-5-12(8-11)17(18)19/h3-10,15H,1-2H3,(H,14,16). The van der Waals surface area contributed by atoms with Crippen molar-refractivity contribution in [1.29, 1.82) is 0 Å². The molecule has 6 heteroatoms. The summed E-state index contributed by atoms with van der Waals surface area (Å²) in [5, 5.41) is 20.9. The zero-order valence-electron chi connectivity index (χ0n) is 10.8. The Kier molecular flexibility index (Phi) is 3.91. The third kappa shape index (κ3) is 3.17. The van der Waals surface area contributed by atoms with Crippen molar-refractivity contribution in [2.24, 2.45) is 0 Å². The highest BCUT2D eigenvalue weighted by Gasteiger charge is 2.14. The highest BCUT2D eigenvalue weighted by Crippen LogP contribution is 2.21. The fourth-order valence-electron chi connectivity index (χ4n) is 1.98. The van der Waals surface area contributed by atoms with Gasteiger partial charge in [-0.25, -0.2) is 0 Å². The molecule has 0 saturated heterocycles. The first kappa shape index (κ1) is 13.2. The van der Waals surface area contributed by atoms with Crippen molar-refractivity contribution in [1.82, 2.24) is 15.5 Å². The quantitative estimate of drug-likeness (QED) is 0.639. The van der Waals surface area contributed by atoms with Crippen LogP contribution in [-0.4, -0.2) is 15.1 Å². The maximum Gasteiger partial charge on any atom is 0.269 e. The van der Waals surface area contributed by atoms with Gasteiger partial charge in [0.05, 0.1) is 10.6 Å². The fourth-order valence-corrected chi connectivity index (χ4v) is 1.98.